The zero-order chi connectivity index (χ0) is 11.7. The van der Waals surface area contributed by atoms with Crippen LogP contribution in [0.1, 0.15) is 38.5 Å². The second kappa shape index (κ2) is 4.28. The molecule has 0 aromatic heterocycles. The molecule has 16 heavy (non-hydrogen) atoms. The van der Waals surface area contributed by atoms with Crippen LogP contribution in [-0.2, 0) is 19.2 Å². The lowest BCUT2D eigenvalue weighted by atomic mass is 9.72. The molecule has 0 unspecified atom stereocenters. The summed E-state index contributed by atoms with van der Waals surface area (Å²) in [5, 5.41) is 0. The molecule has 2 aliphatic carbocycles. The molecule has 0 atom stereocenters. The van der Waals surface area contributed by atoms with Crippen LogP contribution in [0.25, 0.3) is 0 Å². The summed E-state index contributed by atoms with van der Waals surface area (Å²) in [5.74, 6) is -0.360. The zero-order valence-corrected chi connectivity index (χ0v) is 9.03. The fourth-order valence-corrected chi connectivity index (χ4v) is 2.71. The van der Waals surface area contributed by atoms with Crippen molar-refractivity contribution in [2.45, 2.75) is 38.5 Å². The molecule has 0 saturated heterocycles. The van der Waals surface area contributed by atoms with Crippen LogP contribution in [0.4, 0.5) is 0 Å². The Bertz CT molecular complexity index is 301. The monoisotopic (exact) mass is 222 g/mol. The molecule has 0 N–H and O–H groups in total. The van der Waals surface area contributed by atoms with E-state index in [-0.39, 0.29) is 47.8 Å². The minimum atomic E-state index is -0.0815. The predicted molar refractivity (Wildman–Crippen MR) is 54.7 cm³/mol. The van der Waals surface area contributed by atoms with Gasteiger partial charge in [0.15, 0.2) is 0 Å². The van der Waals surface area contributed by atoms with Gasteiger partial charge in [-0.3, -0.25) is 19.2 Å². The van der Waals surface area contributed by atoms with Crippen LogP contribution in [0.2, 0.25) is 0 Å². The molecular weight excluding hydrogens is 208 g/mol. The summed E-state index contributed by atoms with van der Waals surface area (Å²) in [7, 11) is 0. The van der Waals surface area contributed by atoms with Crippen molar-refractivity contribution in [2.24, 2.45) is 11.8 Å². The van der Waals surface area contributed by atoms with E-state index in [0.29, 0.717) is 25.7 Å². The van der Waals surface area contributed by atoms with Crippen LogP contribution in [0.15, 0.2) is 0 Å². The first kappa shape index (κ1) is 11.2. The zero-order valence-electron chi connectivity index (χ0n) is 9.03. The van der Waals surface area contributed by atoms with Gasteiger partial charge in [0, 0.05) is 25.7 Å². The van der Waals surface area contributed by atoms with E-state index in [2.05, 4.69) is 0 Å². The minimum Gasteiger partial charge on any atom is -0.299 e. The van der Waals surface area contributed by atoms with E-state index in [4.69, 9.17) is 0 Å². The van der Waals surface area contributed by atoms with Gasteiger partial charge in [0.25, 0.3) is 0 Å². The van der Waals surface area contributed by atoms with Gasteiger partial charge in [-0.05, 0) is 11.8 Å². The summed E-state index contributed by atoms with van der Waals surface area (Å²) in [6, 6.07) is 0. The van der Waals surface area contributed by atoms with Crippen LogP contribution in [0.5, 0.6) is 0 Å². The summed E-state index contributed by atoms with van der Waals surface area (Å²) in [6.07, 6.45) is 1.50. The molecule has 0 amide bonds. The van der Waals surface area contributed by atoms with E-state index in [1.54, 1.807) is 0 Å². The summed E-state index contributed by atoms with van der Waals surface area (Å²) in [4.78, 5) is 45.2. The highest BCUT2D eigenvalue weighted by Crippen LogP contribution is 2.33. The molecule has 4 nitrogen and oxygen atoms in total. The molecule has 4 heteroatoms. The molecule has 0 radical (unpaired) electrons. The Kier molecular flexibility index (Phi) is 2.99. The van der Waals surface area contributed by atoms with E-state index in [1.807, 2.05) is 0 Å². The normalized spacial score (nSPS) is 25.2. The number of carbonyl (C=O) groups excluding carboxylic acids is 4. The van der Waals surface area contributed by atoms with Gasteiger partial charge in [-0.2, -0.15) is 0 Å². The summed E-state index contributed by atoms with van der Waals surface area (Å²) in [6.45, 7) is 0. The molecule has 0 aromatic carbocycles. The highest BCUT2D eigenvalue weighted by Gasteiger charge is 2.36. The van der Waals surface area contributed by atoms with Crippen molar-refractivity contribution >= 4 is 23.1 Å². The fraction of sp³-hybridized carbons (Fsp3) is 0.667. The Morgan fingerprint density at radius 2 is 0.812 bits per heavy atom. The van der Waals surface area contributed by atoms with E-state index in [1.165, 1.54) is 0 Å². The van der Waals surface area contributed by atoms with Crippen LogP contribution in [-0.4, -0.2) is 23.1 Å². The van der Waals surface area contributed by atoms with Crippen LogP contribution in [0.3, 0.4) is 0 Å². The SMILES string of the molecule is O=C1CC(=O)CC(C2CC(=O)CC(=O)C2)C1. The molecule has 2 fully saturated rings. The van der Waals surface area contributed by atoms with Crippen molar-refractivity contribution in [3.63, 3.8) is 0 Å². The van der Waals surface area contributed by atoms with E-state index < -0.39 is 0 Å². The molecule has 86 valence electrons. The first-order chi connectivity index (χ1) is 7.54. The molecule has 0 aliphatic heterocycles. The van der Waals surface area contributed by atoms with Crippen molar-refractivity contribution in [3.8, 4) is 0 Å². The number of hydrogen-bond donors (Lipinski definition) is 0. The van der Waals surface area contributed by atoms with Gasteiger partial charge in [-0.1, -0.05) is 0 Å². The number of ketones is 4. The lowest BCUT2D eigenvalue weighted by molar-refractivity contribution is -0.137. The van der Waals surface area contributed by atoms with Gasteiger partial charge in [0.2, 0.25) is 0 Å². The molecule has 2 rings (SSSR count). The van der Waals surface area contributed by atoms with Gasteiger partial charge >= 0.3 is 0 Å². The standard InChI is InChI=1S/C12H14O4/c13-9-1-7(2-10(14)5-9)8-3-11(15)6-12(16)4-8/h7-8H,1-6H2. The Balaban J connectivity index is 2.06. The predicted octanol–water partition coefficient (Wildman–Crippen LogP) is 0.863. The molecule has 0 aromatic rings. The topological polar surface area (TPSA) is 68.3 Å². The van der Waals surface area contributed by atoms with Crippen molar-refractivity contribution in [1.82, 2.24) is 0 Å². The Hall–Kier alpha value is -1.32. The minimum absolute atomic E-state index is 0.0329. The van der Waals surface area contributed by atoms with Crippen LogP contribution < -0.4 is 0 Å². The molecule has 2 saturated carbocycles. The lowest BCUT2D eigenvalue weighted by Crippen LogP contribution is -2.33. The number of rotatable bonds is 1. The summed E-state index contributed by atoms with van der Waals surface area (Å²) < 4.78 is 0. The van der Waals surface area contributed by atoms with E-state index in [9.17, 15) is 19.2 Å². The number of Topliss-reactive ketones (excluding diaryl/α,β-unsaturated/α-hetero) is 4. The average molecular weight is 222 g/mol. The summed E-state index contributed by atoms with van der Waals surface area (Å²) in [5.41, 5.74) is 0. The summed E-state index contributed by atoms with van der Waals surface area (Å²) >= 11 is 0. The third kappa shape index (κ3) is 2.43. The third-order valence-corrected chi connectivity index (χ3v) is 3.41. The van der Waals surface area contributed by atoms with Crippen LogP contribution in [0, 0.1) is 11.8 Å². The maximum absolute atomic E-state index is 11.3. The van der Waals surface area contributed by atoms with Crippen molar-refractivity contribution in [1.29, 1.82) is 0 Å². The number of carbonyl (C=O) groups is 4. The van der Waals surface area contributed by atoms with Gasteiger partial charge in [-0.25, -0.2) is 0 Å². The first-order valence-corrected chi connectivity index (χ1v) is 5.61. The highest BCUT2D eigenvalue weighted by molar-refractivity contribution is 6.03. The lowest BCUT2D eigenvalue weighted by Gasteiger charge is -2.30. The number of hydrogen-bond acceptors (Lipinski definition) is 4. The quantitative estimate of drug-likeness (QED) is 0.617. The van der Waals surface area contributed by atoms with Gasteiger partial charge < -0.3 is 0 Å². The largest absolute Gasteiger partial charge is 0.299 e. The molecule has 0 spiro atoms. The van der Waals surface area contributed by atoms with Crippen molar-refractivity contribution < 1.29 is 19.2 Å². The highest BCUT2D eigenvalue weighted by atomic mass is 16.2. The third-order valence-electron chi connectivity index (χ3n) is 3.41. The molecule has 0 bridgehead atoms. The van der Waals surface area contributed by atoms with E-state index in [0.717, 1.165) is 0 Å². The van der Waals surface area contributed by atoms with E-state index >= 15 is 0 Å². The van der Waals surface area contributed by atoms with Gasteiger partial charge in [0.05, 0.1) is 12.8 Å². The molecule has 2 aliphatic rings. The maximum Gasteiger partial charge on any atom is 0.140 e. The van der Waals surface area contributed by atoms with Gasteiger partial charge in [-0.15, -0.1) is 0 Å². The first-order valence-electron chi connectivity index (χ1n) is 5.61. The molecular formula is C12H14O4. The smallest absolute Gasteiger partial charge is 0.140 e. The second-order valence-corrected chi connectivity index (χ2v) is 4.84. The Morgan fingerprint density at radius 3 is 1.06 bits per heavy atom. The van der Waals surface area contributed by atoms with Crippen LogP contribution >= 0.6 is 0 Å². The van der Waals surface area contributed by atoms with Crippen molar-refractivity contribution in [2.75, 3.05) is 0 Å². The second-order valence-electron chi connectivity index (χ2n) is 4.84. The molecule has 0 heterocycles. The fourth-order valence-electron chi connectivity index (χ4n) is 2.71. The van der Waals surface area contributed by atoms with Gasteiger partial charge in [0.1, 0.15) is 23.1 Å². The maximum atomic E-state index is 11.3. The Labute approximate surface area is 93.4 Å². The Morgan fingerprint density at radius 1 is 0.562 bits per heavy atom. The average Bonchev–Trinajstić information content (AvgIpc) is 2.14. The van der Waals surface area contributed by atoms with Crippen molar-refractivity contribution in [3.05, 3.63) is 0 Å².